The molecule has 1 aromatic carbocycles. The summed E-state index contributed by atoms with van der Waals surface area (Å²) in [6.07, 6.45) is 2.36. The van der Waals surface area contributed by atoms with Crippen LogP contribution in [-0.2, 0) is 6.42 Å². The first-order chi connectivity index (χ1) is 14.2. The quantitative estimate of drug-likeness (QED) is 0.405. The van der Waals surface area contributed by atoms with E-state index in [0.29, 0.717) is 23.9 Å². The molecule has 0 aliphatic rings. The second kappa shape index (κ2) is 8.59. The zero-order valence-corrected chi connectivity index (χ0v) is 17.3. The van der Waals surface area contributed by atoms with Crippen LogP contribution < -0.4 is 10.1 Å². The number of carbonyl (C=O) groups is 1. The average Bonchev–Trinajstić information content (AvgIpc) is 3.36. The van der Waals surface area contributed by atoms with Gasteiger partial charge in [0.1, 0.15) is 17.9 Å². The molecular formula is C21H19N3O3S2. The Morgan fingerprint density at radius 3 is 2.97 bits per heavy atom. The molecule has 2 N–H and O–H groups in total. The lowest BCUT2D eigenvalue weighted by Gasteiger charge is -2.07. The summed E-state index contributed by atoms with van der Waals surface area (Å²) in [4.78, 5) is 20.9. The van der Waals surface area contributed by atoms with Gasteiger partial charge in [0.2, 0.25) is 0 Å². The number of benzene rings is 1. The van der Waals surface area contributed by atoms with Crippen molar-refractivity contribution in [1.29, 1.82) is 0 Å². The average molecular weight is 426 g/mol. The Morgan fingerprint density at radius 2 is 2.14 bits per heavy atom. The molecule has 4 rings (SSSR count). The molecule has 0 spiro atoms. The number of nitrogens with zero attached hydrogens (tertiary/aromatic N) is 2. The fourth-order valence-corrected chi connectivity index (χ4v) is 4.84. The Bertz CT molecular complexity index is 1150. The lowest BCUT2D eigenvalue weighted by atomic mass is 10.1. The third kappa shape index (κ3) is 4.23. The van der Waals surface area contributed by atoms with Gasteiger partial charge in [-0.1, -0.05) is 12.1 Å². The number of hydrogen-bond acceptors (Lipinski definition) is 7. The molecule has 0 saturated carbocycles. The molecule has 3 heterocycles. The van der Waals surface area contributed by atoms with E-state index in [1.807, 2.05) is 13.0 Å². The van der Waals surface area contributed by atoms with Crippen LogP contribution >= 0.6 is 22.7 Å². The van der Waals surface area contributed by atoms with Gasteiger partial charge in [0.15, 0.2) is 4.88 Å². The monoisotopic (exact) mass is 425 g/mol. The van der Waals surface area contributed by atoms with E-state index >= 15 is 0 Å². The molecule has 6 nitrogen and oxygen atoms in total. The van der Waals surface area contributed by atoms with E-state index in [1.54, 1.807) is 17.4 Å². The topological polar surface area (TPSA) is 84.3 Å². The minimum Gasteiger partial charge on any atom is -0.492 e. The number of anilines is 1. The standard InChI is InChI=1S/C21H19N3O3S2/c1-2-27-16-11-18(29-20(16)21(25)26)15-10-19(24-12-23-15)22-8-6-13-4-3-5-17-14(13)7-9-28-17/h3-5,7,9-12H,2,6,8H2,1H3,(H,25,26)(H,22,23,24). The summed E-state index contributed by atoms with van der Waals surface area (Å²) in [6.45, 7) is 2.97. The lowest BCUT2D eigenvalue weighted by Crippen LogP contribution is -2.06. The highest BCUT2D eigenvalue weighted by atomic mass is 32.1. The van der Waals surface area contributed by atoms with Gasteiger partial charge >= 0.3 is 5.97 Å². The Hall–Kier alpha value is -2.97. The van der Waals surface area contributed by atoms with E-state index in [0.717, 1.165) is 29.2 Å². The van der Waals surface area contributed by atoms with E-state index in [-0.39, 0.29) is 4.88 Å². The van der Waals surface area contributed by atoms with Crippen LogP contribution in [0.4, 0.5) is 5.82 Å². The smallest absolute Gasteiger partial charge is 0.349 e. The summed E-state index contributed by atoms with van der Waals surface area (Å²) in [5.41, 5.74) is 1.97. The third-order valence-corrected chi connectivity index (χ3v) is 6.41. The van der Waals surface area contributed by atoms with Crippen LogP contribution in [0.2, 0.25) is 0 Å². The highest BCUT2D eigenvalue weighted by Crippen LogP contribution is 2.36. The number of carboxylic acid groups (broad SMARTS) is 1. The van der Waals surface area contributed by atoms with E-state index in [9.17, 15) is 9.90 Å². The van der Waals surface area contributed by atoms with E-state index in [1.165, 1.54) is 22.0 Å². The zero-order chi connectivity index (χ0) is 20.2. The number of aromatic nitrogens is 2. The molecule has 0 unspecified atom stereocenters. The number of thiophene rings is 2. The van der Waals surface area contributed by atoms with E-state index in [2.05, 4.69) is 44.9 Å². The maximum absolute atomic E-state index is 11.4. The van der Waals surface area contributed by atoms with Gasteiger partial charge in [0.25, 0.3) is 0 Å². The highest BCUT2D eigenvalue weighted by Gasteiger charge is 2.18. The summed E-state index contributed by atoms with van der Waals surface area (Å²) in [6, 6.07) is 12.1. The first-order valence-corrected chi connectivity index (χ1v) is 10.9. The molecule has 0 atom stereocenters. The van der Waals surface area contributed by atoms with Crippen molar-refractivity contribution in [3.63, 3.8) is 0 Å². The summed E-state index contributed by atoms with van der Waals surface area (Å²) in [5, 5.41) is 16.1. The van der Waals surface area contributed by atoms with E-state index < -0.39 is 5.97 Å². The fraction of sp³-hybridized carbons (Fsp3) is 0.190. The Kier molecular flexibility index (Phi) is 5.73. The molecule has 0 fully saturated rings. The number of nitrogens with one attached hydrogen (secondary N) is 1. The van der Waals surface area contributed by atoms with Crippen molar-refractivity contribution < 1.29 is 14.6 Å². The van der Waals surface area contributed by atoms with Gasteiger partial charge in [-0.25, -0.2) is 14.8 Å². The summed E-state index contributed by atoms with van der Waals surface area (Å²) in [7, 11) is 0. The van der Waals surface area contributed by atoms with Crippen molar-refractivity contribution in [3.8, 4) is 16.3 Å². The molecule has 148 valence electrons. The molecule has 8 heteroatoms. The first kappa shape index (κ1) is 19.4. The van der Waals surface area contributed by atoms with Crippen molar-refractivity contribution in [2.24, 2.45) is 0 Å². The number of rotatable bonds is 8. The molecule has 0 saturated heterocycles. The minimum absolute atomic E-state index is 0.179. The maximum Gasteiger partial charge on any atom is 0.349 e. The van der Waals surface area contributed by atoms with Crippen molar-refractivity contribution in [2.45, 2.75) is 13.3 Å². The normalized spacial score (nSPS) is 10.9. The maximum atomic E-state index is 11.4. The molecule has 0 bridgehead atoms. The SMILES string of the molecule is CCOc1cc(-c2cc(NCCc3cccc4sccc34)ncn2)sc1C(=O)O. The molecular weight excluding hydrogens is 406 g/mol. The molecule has 0 radical (unpaired) electrons. The molecule has 0 aliphatic carbocycles. The predicted molar refractivity (Wildman–Crippen MR) is 117 cm³/mol. The highest BCUT2D eigenvalue weighted by molar-refractivity contribution is 7.17. The predicted octanol–water partition coefficient (Wildman–Crippen LogP) is 5.17. The Morgan fingerprint density at radius 1 is 1.24 bits per heavy atom. The third-order valence-electron chi connectivity index (χ3n) is 4.40. The van der Waals surface area contributed by atoms with Crippen molar-refractivity contribution in [3.05, 3.63) is 58.5 Å². The van der Waals surface area contributed by atoms with Crippen LogP contribution in [0.3, 0.4) is 0 Å². The second-order valence-electron chi connectivity index (χ2n) is 6.26. The molecule has 0 aliphatic heterocycles. The molecule has 29 heavy (non-hydrogen) atoms. The van der Waals surface area contributed by atoms with Crippen molar-refractivity contribution >= 4 is 44.5 Å². The Labute approximate surface area is 175 Å². The lowest BCUT2D eigenvalue weighted by molar-refractivity contribution is 0.0698. The van der Waals surface area contributed by atoms with Gasteiger partial charge in [-0.05, 0) is 41.8 Å². The van der Waals surface area contributed by atoms with Crippen molar-refractivity contribution in [2.75, 3.05) is 18.5 Å². The van der Waals surface area contributed by atoms with Crippen LogP contribution in [0.15, 0.2) is 48.1 Å². The largest absolute Gasteiger partial charge is 0.492 e. The van der Waals surface area contributed by atoms with Gasteiger partial charge in [0, 0.05) is 23.4 Å². The number of ether oxygens (including phenoxy) is 1. The first-order valence-electron chi connectivity index (χ1n) is 9.17. The van der Waals surface area contributed by atoms with E-state index in [4.69, 9.17) is 4.74 Å². The Balaban J connectivity index is 1.48. The van der Waals surface area contributed by atoms with Crippen LogP contribution in [0.1, 0.15) is 22.2 Å². The van der Waals surface area contributed by atoms with Crippen molar-refractivity contribution in [1.82, 2.24) is 9.97 Å². The van der Waals surface area contributed by atoms with Gasteiger partial charge in [-0.2, -0.15) is 0 Å². The second-order valence-corrected chi connectivity index (χ2v) is 8.26. The van der Waals surface area contributed by atoms with Gasteiger partial charge in [0.05, 0.1) is 17.2 Å². The summed E-state index contributed by atoms with van der Waals surface area (Å²) < 4.78 is 6.74. The summed E-state index contributed by atoms with van der Waals surface area (Å²) in [5.74, 6) is 0.0763. The fourth-order valence-electron chi connectivity index (χ4n) is 3.10. The van der Waals surface area contributed by atoms with Crippen LogP contribution in [0.5, 0.6) is 5.75 Å². The number of carboxylic acids is 1. The van der Waals surface area contributed by atoms with Crippen LogP contribution in [0.25, 0.3) is 20.7 Å². The zero-order valence-electron chi connectivity index (χ0n) is 15.7. The van der Waals surface area contributed by atoms with Crippen LogP contribution in [-0.4, -0.2) is 34.2 Å². The molecule has 4 aromatic rings. The van der Waals surface area contributed by atoms with Gasteiger partial charge < -0.3 is 15.2 Å². The minimum atomic E-state index is -1.00. The summed E-state index contributed by atoms with van der Waals surface area (Å²) >= 11 is 2.90. The number of hydrogen-bond donors (Lipinski definition) is 2. The van der Waals surface area contributed by atoms with Gasteiger partial charge in [-0.15, -0.1) is 22.7 Å². The molecule has 0 amide bonds. The number of fused-ring (bicyclic) bond motifs is 1. The van der Waals surface area contributed by atoms with Crippen LogP contribution in [0, 0.1) is 0 Å². The van der Waals surface area contributed by atoms with Gasteiger partial charge in [-0.3, -0.25) is 0 Å². The molecule has 3 aromatic heterocycles. The number of aromatic carboxylic acids is 1.